The molecule has 1 saturated carbocycles. The second-order valence-electron chi connectivity index (χ2n) is 7.51. The van der Waals surface area contributed by atoms with Crippen LogP contribution in [0, 0.1) is 11.3 Å². The number of carbonyl (C=O) groups excluding carboxylic acids is 1. The second kappa shape index (κ2) is 7.01. The van der Waals surface area contributed by atoms with E-state index >= 15 is 0 Å². The molecule has 3 aliphatic rings. The highest BCUT2D eigenvalue weighted by Gasteiger charge is 2.46. The fourth-order valence-corrected chi connectivity index (χ4v) is 6.03. The summed E-state index contributed by atoms with van der Waals surface area (Å²) in [7, 11) is 0. The van der Waals surface area contributed by atoms with E-state index in [-0.39, 0.29) is 22.9 Å². The summed E-state index contributed by atoms with van der Waals surface area (Å²) in [6.45, 7) is 0.739. The minimum atomic E-state index is -0.218. The van der Waals surface area contributed by atoms with Crippen molar-refractivity contribution in [2.45, 2.75) is 61.4 Å². The van der Waals surface area contributed by atoms with Crippen LogP contribution in [0.5, 0.6) is 0 Å². The number of nitriles is 1. The lowest BCUT2D eigenvalue weighted by atomic mass is 9.81. The SMILES string of the molecule is N#C[C@@H]1CCCN1C(=O)[C@@H]1CSC2(CCC(c3ccccc3)CC2)N1. The quantitative estimate of drug-likeness (QED) is 0.885. The first-order valence-electron chi connectivity index (χ1n) is 9.37. The van der Waals surface area contributed by atoms with Gasteiger partial charge in [-0.3, -0.25) is 10.1 Å². The van der Waals surface area contributed by atoms with Crippen LogP contribution in [0.15, 0.2) is 30.3 Å². The van der Waals surface area contributed by atoms with Crippen molar-refractivity contribution in [1.29, 1.82) is 5.26 Å². The Morgan fingerprint density at radius 2 is 2.00 bits per heavy atom. The van der Waals surface area contributed by atoms with E-state index in [0.717, 1.165) is 38.0 Å². The van der Waals surface area contributed by atoms with E-state index in [0.29, 0.717) is 5.92 Å². The summed E-state index contributed by atoms with van der Waals surface area (Å²) >= 11 is 1.93. The van der Waals surface area contributed by atoms with E-state index < -0.39 is 0 Å². The molecule has 3 fully saturated rings. The van der Waals surface area contributed by atoms with Crippen molar-refractivity contribution < 1.29 is 4.79 Å². The Morgan fingerprint density at radius 1 is 1.24 bits per heavy atom. The number of hydrogen-bond donors (Lipinski definition) is 1. The fraction of sp³-hybridized carbons (Fsp3) is 0.600. The van der Waals surface area contributed by atoms with Gasteiger partial charge in [0, 0.05) is 12.3 Å². The predicted molar refractivity (Wildman–Crippen MR) is 100 cm³/mol. The summed E-state index contributed by atoms with van der Waals surface area (Å²) in [4.78, 5) is 14.7. The van der Waals surface area contributed by atoms with Gasteiger partial charge in [-0.05, 0) is 50.0 Å². The van der Waals surface area contributed by atoms with Crippen LogP contribution in [0.2, 0.25) is 0 Å². The highest BCUT2D eigenvalue weighted by Crippen LogP contribution is 2.46. The van der Waals surface area contributed by atoms with Gasteiger partial charge in [0.2, 0.25) is 5.91 Å². The minimum Gasteiger partial charge on any atom is -0.325 e. The molecule has 1 spiro atoms. The van der Waals surface area contributed by atoms with Crippen molar-refractivity contribution in [1.82, 2.24) is 10.2 Å². The third-order valence-corrected chi connectivity index (χ3v) is 7.59. The van der Waals surface area contributed by atoms with Gasteiger partial charge in [0.05, 0.1) is 17.0 Å². The molecule has 2 heterocycles. The fourth-order valence-electron chi connectivity index (χ4n) is 4.57. The Morgan fingerprint density at radius 3 is 2.72 bits per heavy atom. The number of nitrogens with one attached hydrogen (secondary N) is 1. The van der Waals surface area contributed by atoms with Gasteiger partial charge < -0.3 is 4.90 Å². The molecule has 2 saturated heterocycles. The van der Waals surface area contributed by atoms with Crippen LogP contribution < -0.4 is 5.32 Å². The second-order valence-corrected chi connectivity index (χ2v) is 8.91. The normalized spacial score (nSPS) is 35.0. The van der Waals surface area contributed by atoms with Crippen LogP contribution in [0.3, 0.4) is 0 Å². The number of amides is 1. The van der Waals surface area contributed by atoms with Gasteiger partial charge in [-0.1, -0.05) is 30.3 Å². The molecule has 132 valence electrons. The summed E-state index contributed by atoms with van der Waals surface area (Å²) in [6, 6.07) is 12.7. The zero-order valence-corrected chi connectivity index (χ0v) is 15.3. The Kier molecular flexibility index (Phi) is 4.75. The third-order valence-electron chi connectivity index (χ3n) is 6.01. The molecular formula is C20H25N3OS. The molecule has 4 rings (SSSR count). The van der Waals surface area contributed by atoms with Gasteiger partial charge in [-0.25, -0.2) is 0 Å². The highest BCUT2D eigenvalue weighted by atomic mass is 32.2. The first-order valence-corrected chi connectivity index (χ1v) is 10.4. The standard InChI is InChI=1S/C20H25N3OS/c21-13-17-7-4-12-23(17)19(24)18-14-25-20(22-18)10-8-16(9-11-20)15-5-2-1-3-6-15/h1-3,5-6,16-18,22H,4,7-12,14H2/t16?,17-,18-,20?/m0/s1. The first kappa shape index (κ1) is 16.9. The number of likely N-dealkylation sites (tertiary alicyclic amines) is 1. The van der Waals surface area contributed by atoms with Gasteiger partial charge >= 0.3 is 0 Å². The van der Waals surface area contributed by atoms with Gasteiger partial charge in [-0.15, -0.1) is 11.8 Å². The molecule has 0 aromatic heterocycles. The lowest BCUT2D eigenvalue weighted by Crippen LogP contribution is -2.52. The maximum absolute atomic E-state index is 12.8. The third kappa shape index (κ3) is 3.30. The van der Waals surface area contributed by atoms with Gasteiger partial charge in [-0.2, -0.15) is 5.26 Å². The number of rotatable bonds is 2. The zero-order valence-electron chi connectivity index (χ0n) is 14.5. The van der Waals surface area contributed by atoms with Crippen LogP contribution in [0.4, 0.5) is 0 Å². The average molecular weight is 356 g/mol. The molecule has 2 aliphatic heterocycles. The van der Waals surface area contributed by atoms with E-state index in [1.54, 1.807) is 4.90 Å². The molecule has 2 atom stereocenters. The van der Waals surface area contributed by atoms with Crippen LogP contribution in [0.1, 0.15) is 50.0 Å². The molecule has 5 heteroatoms. The maximum Gasteiger partial charge on any atom is 0.241 e. The molecule has 0 radical (unpaired) electrons. The summed E-state index contributed by atoms with van der Waals surface area (Å²) < 4.78 is 0. The first-order chi connectivity index (χ1) is 12.2. The number of nitrogens with zero attached hydrogens (tertiary/aromatic N) is 2. The van der Waals surface area contributed by atoms with E-state index in [1.165, 1.54) is 18.4 Å². The minimum absolute atomic E-state index is 0.0630. The van der Waals surface area contributed by atoms with Crippen molar-refractivity contribution in [2.75, 3.05) is 12.3 Å². The Hall–Kier alpha value is -1.51. The summed E-state index contributed by atoms with van der Waals surface area (Å²) in [5.74, 6) is 1.62. The van der Waals surface area contributed by atoms with E-state index in [1.807, 2.05) is 11.8 Å². The highest BCUT2D eigenvalue weighted by molar-refractivity contribution is 8.01. The van der Waals surface area contributed by atoms with E-state index in [2.05, 4.69) is 41.7 Å². The molecule has 0 unspecified atom stereocenters. The topological polar surface area (TPSA) is 56.1 Å². The smallest absolute Gasteiger partial charge is 0.241 e. The molecule has 4 nitrogen and oxygen atoms in total. The molecule has 1 amide bonds. The lowest BCUT2D eigenvalue weighted by molar-refractivity contribution is -0.133. The van der Waals surface area contributed by atoms with Crippen LogP contribution in [-0.4, -0.2) is 40.1 Å². The Balaban J connectivity index is 1.36. The van der Waals surface area contributed by atoms with Crippen LogP contribution in [-0.2, 0) is 4.79 Å². The van der Waals surface area contributed by atoms with Crippen molar-refractivity contribution in [3.05, 3.63) is 35.9 Å². The number of hydrogen-bond acceptors (Lipinski definition) is 4. The van der Waals surface area contributed by atoms with Crippen molar-refractivity contribution >= 4 is 17.7 Å². The molecular weight excluding hydrogens is 330 g/mol. The van der Waals surface area contributed by atoms with E-state index in [4.69, 9.17) is 0 Å². The zero-order chi connectivity index (χ0) is 17.3. The molecule has 0 bridgehead atoms. The van der Waals surface area contributed by atoms with Gasteiger partial charge in [0.15, 0.2) is 0 Å². The van der Waals surface area contributed by atoms with Crippen LogP contribution in [0.25, 0.3) is 0 Å². The average Bonchev–Trinajstić information content (AvgIpc) is 3.30. The summed E-state index contributed by atoms with van der Waals surface area (Å²) in [6.07, 6.45) is 6.36. The number of benzene rings is 1. The Bertz CT molecular complexity index is 663. The predicted octanol–water partition coefficient (Wildman–Crippen LogP) is 3.26. The Labute approximate surface area is 154 Å². The van der Waals surface area contributed by atoms with Gasteiger partial charge in [0.1, 0.15) is 6.04 Å². The largest absolute Gasteiger partial charge is 0.325 e. The van der Waals surface area contributed by atoms with E-state index in [9.17, 15) is 10.1 Å². The number of carbonyl (C=O) groups is 1. The monoisotopic (exact) mass is 355 g/mol. The molecule has 1 aromatic rings. The maximum atomic E-state index is 12.8. The molecule has 1 aliphatic carbocycles. The lowest BCUT2D eigenvalue weighted by Gasteiger charge is -2.37. The van der Waals surface area contributed by atoms with Crippen LogP contribution >= 0.6 is 11.8 Å². The van der Waals surface area contributed by atoms with Crippen molar-refractivity contribution in [2.24, 2.45) is 0 Å². The summed E-state index contributed by atoms with van der Waals surface area (Å²) in [5.41, 5.74) is 1.45. The van der Waals surface area contributed by atoms with Crippen molar-refractivity contribution in [3.8, 4) is 6.07 Å². The number of thioether (sulfide) groups is 1. The van der Waals surface area contributed by atoms with Crippen molar-refractivity contribution in [3.63, 3.8) is 0 Å². The van der Waals surface area contributed by atoms with Gasteiger partial charge in [0.25, 0.3) is 0 Å². The summed E-state index contributed by atoms with van der Waals surface area (Å²) in [5, 5.41) is 12.9. The molecule has 1 N–H and O–H groups in total. The molecule has 1 aromatic carbocycles. The molecule has 25 heavy (non-hydrogen) atoms.